The molecule has 3 heteroatoms. The normalized spacial score (nSPS) is 11.5. The van der Waals surface area contributed by atoms with E-state index in [1.807, 2.05) is 0 Å². The van der Waals surface area contributed by atoms with E-state index < -0.39 is 9.04 Å². The number of hydrogen-bond donors (Lipinski definition) is 0. The van der Waals surface area contributed by atoms with E-state index in [0.29, 0.717) is 0 Å². The smallest absolute Gasteiger partial charge is 0.204 e. The van der Waals surface area contributed by atoms with Crippen molar-refractivity contribution in [1.82, 2.24) is 0 Å². The molecule has 0 rings (SSSR count). The molecular formula is C9H22OSi2. The van der Waals surface area contributed by atoms with E-state index in [-0.39, 0.29) is 8.80 Å². The fraction of sp³-hybridized carbons (Fsp3) is 1.00. The van der Waals surface area contributed by atoms with Crippen LogP contribution in [0.25, 0.3) is 0 Å². The van der Waals surface area contributed by atoms with Gasteiger partial charge in [0.1, 0.15) is 0 Å². The van der Waals surface area contributed by atoms with E-state index in [9.17, 15) is 0 Å². The first-order valence-electron chi connectivity index (χ1n) is 4.85. The highest BCUT2D eigenvalue weighted by atomic mass is 28.3. The molecule has 0 unspecified atom stereocenters. The Labute approximate surface area is 80.9 Å². The van der Waals surface area contributed by atoms with E-state index >= 15 is 0 Å². The molecule has 0 heterocycles. The molecule has 0 aliphatic rings. The summed E-state index contributed by atoms with van der Waals surface area (Å²) in [7, 11) is -0.404. The summed E-state index contributed by atoms with van der Waals surface area (Å²) in [6.07, 6.45) is 4.05. The Morgan fingerprint density at radius 2 is 1.58 bits per heavy atom. The van der Waals surface area contributed by atoms with Crippen LogP contribution in [-0.2, 0) is 4.43 Å². The van der Waals surface area contributed by atoms with Crippen molar-refractivity contribution in [2.45, 2.75) is 51.5 Å². The van der Waals surface area contributed by atoms with Crippen LogP contribution in [0.2, 0.25) is 32.2 Å². The van der Waals surface area contributed by atoms with Crippen LogP contribution in [0.15, 0.2) is 0 Å². The minimum absolute atomic E-state index is 0.0277. The molecule has 0 fully saturated rings. The van der Waals surface area contributed by atoms with Gasteiger partial charge in [-0.25, -0.2) is 0 Å². The number of hydrogen-bond acceptors (Lipinski definition) is 1. The lowest BCUT2D eigenvalue weighted by Gasteiger charge is -2.06. The summed E-state index contributed by atoms with van der Waals surface area (Å²) in [5.74, 6) is 0. The second kappa shape index (κ2) is 8.01. The summed E-state index contributed by atoms with van der Waals surface area (Å²) < 4.78 is 5.56. The molecule has 2 radical (unpaired) electrons. The van der Waals surface area contributed by atoms with Crippen LogP contribution in [0, 0.1) is 0 Å². The van der Waals surface area contributed by atoms with Gasteiger partial charge in [-0.15, -0.1) is 0 Å². The van der Waals surface area contributed by atoms with Gasteiger partial charge in [0.2, 0.25) is 9.04 Å². The molecule has 0 saturated heterocycles. The van der Waals surface area contributed by atoms with E-state index in [4.69, 9.17) is 4.43 Å². The minimum Gasteiger partial charge on any atom is -0.417 e. The van der Waals surface area contributed by atoms with Crippen LogP contribution < -0.4 is 0 Å². The van der Waals surface area contributed by atoms with E-state index in [1.165, 1.54) is 25.3 Å². The molecule has 0 saturated carbocycles. The number of unbranched alkanes of at least 4 members (excludes halogenated alkanes) is 2. The Balaban J connectivity index is 2.91. The zero-order chi connectivity index (χ0) is 9.40. The Morgan fingerprint density at radius 1 is 0.917 bits per heavy atom. The average Bonchev–Trinajstić information content (AvgIpc) is 1.95. The third kappa shape index (κ3) is 10.4. The lowest BCUT2D eigenvalue weighted by molar-refractivity contribution is 0.314. The molecule has 0 amide bonds. The van der Waals surface area contributed by atoms with Crippen LogP contribution >= 0.6 is 0 Å². The molecule has 0 aromatic heterocycles. The fourth-order valence-electron chi connectivity index (χ4n) is 1.03. The molecule has 0 aliphatic heterocycles. The van der Waals surface area contributed by atoms with E-state index in [0.717, 1.165) is 6.61 Å². The summed E-state index contributed by atoms with van der Waals surface area (Å²) in [6.45, 7) is 10.2. The van der Waals surface area contributed by atoms with Crippen molar-refractivity contribution >= 4 is 17.8 Å². The maximum Gasteiger partial charge on any atom is 0.204 e. The van der Waals surface area contributed by atoms with Crippen molar-refractivity contribution in [2.75, 3.05) is 6.61 Å². The van der Waals surface area contributed by atoms with Crippen molar-refractivity contribution in [1.29, 1.82) is 0 Å². The van der Waals surface area contributed by atoms with Gasteiger partial charge in [-0.1, -0.05) is 32.0 Å². The molecule has 0 aromatic carbocycles. The molecule has 0 aromatic rings. The summed E-state index contributed by atoms with van der Waals surface area (Å²) >= 11 is 0. The van der Waals surface area contributed by atoms with Crippen LogP contribution in [-0.4, -0.2) is 24.4 Å². The third-order valence-corrected chi connectivity index (χ3v) is 3.85. The third-order valence-electron chi connectivity index (χ3n) is 1.71. The van der Waals surface area contributed by atoms with Crippen molar-refractivity contribution in [3.05, 3.63) is 0 Å². The standard InChI is InChI=1S/C9H22OSi2/c1-11(2)9-7-5-6-8-10-12(3)4/h5-9H2,1-4H3. The molecule has 12 heavy (non-hydrogen) atoms. The molecule has 0 atom stereocenters. The second-order valence-electron chi connectivity index (χ2n) is 3.77. The van der Waals surface area contributed by atoms with Crippen LogP contribution in [0.1, 0.15) is 19.3 Å². The average molecular weight is 202 g/mol. The summed E-state index contributed by atoms with van der Waals surface area (Å²) in [5, 5.41) is 0. The summed E-state index contributed by atoms with van der Waals surface area (Å²) in [4.78, 5) is 0. The van der Waals surface area contributed by atoms with Gasteiger partial charge in [-0.05, 0) is 19.5 Å². The van der Waals surface area contributed by atoms with E-state index in [1.54, 1.807) is 0 Å². The van der Waals surface area contributed by atoms with E-state index in [2.05, 4.69) is 26.2 Å². The van der Waals surface area contributed by atoms with Gasteiger partial charge in [0.05, 0.1) is 0 Å². The SMILES string of the molecule is C[Si](C)CCCCCO[Si](C)C. The van der Waals surface area contributed by atoms with Crippen LogP contribution in [0.5, 0.6) is 0 Å². The summed E-state index contributed by atoms with van der Waals surface area (Å²) in [5.41, 5.74) is 0. The van der Waals surface area contributed by atoms with Gasteiger partial charge in [0, 0.05) is 15.4 Å². The predicted octanol–water partition coefficient (Wildman–Crippen LogP) is 3.18. The molecule has 1 nitrogen and oxygen atoms in total. The van der Waals surface area contributed by atoms with Gasteiger partial charge in [0.15, 0.2) is 0 Å². The summed E-state index contributed by atoms with van der Waals surface area (Å²) in [6, 6.07) is 1.47. The maximum atomic E-state index is 5.56. The Morgan fingerprint density at radius 3 is 2.08 bits per heavy atom. The highest BCUT2D eigenvalue weighted by Gasteiger charge is 1.97. The molecular weight excluding hydrogens is 180 g/mol. The quantitative estimate of drug-likeness (QED) is 0.455. The maximum absolute atomic E-state index is 5.56. The molecule has 72 valence electrons. The molecule has 0 bridgehead atoms. The van der Waals surface area contributed by atoms with Crippen molar-refractivity contribution in [3.63, 3.8) is 0 Å². The van der Waals surface area contributed by atoms with Crippen molar-refractivity contribution in [2.24, 2.45) is 0 Å². The first-order valence-corrected chi connectivity index (χ1v) is 9.96. The Hall–Kier alpha value is 0.394. The van der Waals surface area contributed by atoms with Crippen molar-refractivity contribution in [3.8, 4) is 0 Å². The zero-order valence-corrected chi connectivity index (χ0v) is 10.9. The first kappa shape index (κ1) is 12.4. The largest absolute Gasteiger partial charge is 0.417 e. The van der Waals surface area contributed by atoms with Gasteiger partial charge in [-0.3, -0.25) is 0 Å². The monoisotopic (exact) mass is 202 g/mol. The van der Waals surface area contributed by atoms with Gasteiger partial charge < -0.3 is 4.43 Å². The van der Waals surface area contributed by atoms with Crippen LogP contribution in [0.4, 0.5) is 0 Å². The lowest BCUT2D eigenvalue weighted by Crippen LogP contribution is -2.08. The van der Waals surface area contributed by atoms with Gasteiger partial charge >= 0.3 is 0 Å². The number of rotatable bonds is 7. The first-order chi connectivity index (χ1) is 5.63. The topological polar surface area (TPSA) is 9.23 Å². The van der Waals surface area contributed by atoms with Gasteiger partial charge in [-0.2, -0.15) is 0 Å². The highest BCUT2D eigenvalue weighted by molar-refractivity contribution is 6.55. The van der Waals surface area contributed by atoms with Crippen LogP contribution in [0.3, 0.4) is 0 Å². The Kier molecular flexibility index (Phi) is 8.28. The molecule has 0 spiro atoms. The molecule has 0 N–H and O–H groups in total. The second-order valence-corrected chi connectivity index (χ2v) is 8.79. The Bertz CT molecular complexity index is 82.5. The minimum atomic E-state index is -0.431. The van der Waals surface area contributed by atoms with Crippen molar-refractivity contribution < 1.29 is 4.43 Å². The highest BCUT2D eigenvalue weighted by Crippen LogP contribution is 2.04. The van der Waals surface area contributed by atoms with Gasteiger partial charge in [0.25, 0.3) is 0 Å². The molecule has 0 aliphatic carbocycles. The fourth-order valence-corrected chi connectivity index (χ4v) is 2.54. The zero-order valence-electron chi connectivity index (χ0n) is 8.94. The predicted molar refractivity (Wildman–Crippen MR) is 59.6 cm³/mol. The lowest BCUT2D eigenvalue weighted by atomic mass is 10.3.